The van der Waals surface area contributed by atoms with Crippen LogP contribution in [0.25, 0.3) is 87.8 Å². The third-order valence-electron chi connectivity index (χ3n) is 7.99. The fourth-order valence-corrected chi connectivity index (χ4v) is 6.05. The first-order valence-corrected chi connectivity index (χ1v) is 13.6. The molecule has 42 heavy (non-hydrogen) atoms. The molecule has 196 valence electrons. The summed E-state index contributed by atoms with van der Waals surface area (Å²) in [4.78, 5) is 0. The second-order valence-electron chi connectivity index (χ2n) is 10.3. The van der Waals surface area contributed by atoms with E-state index in [1.54, 1.807) is 30.5 Å². The van der Waals surface area contributed by atoms with Gasteiger partial charge in [0.25, 0.3) is 0 Å². The van der Waals surface area contributed by atoms with E-state index >= 15 is 0 Å². The predicted octanol–water partition coefficient (Wildman–Crippen LogP) is 11.6. The van der Waals surface area contributed by atoms with Crippen molar-refractivity contribution in [1.82, 2.24) is 0 Å². The van der Waals surface area contributed by atoms with Crippen LogP contribution in [-0.4, -0.2) is 0 Å². The van der Waals surface area contributed by atoms with Crippen LogP contribution in [0.1, 0.15) is 11.0 Å². The molecule has 0 N–H and O–H groups in total. The monoisotopic (exact) mass is 544 g/mol. The van der Waals surface area contributed by atoms with Gasteiger partial charge in [-0.3, -0.25) is 0 Å². The molecule has 7 aromatic carbocycles. The normalized spacial score (nSPS) is 14.5. The Balaban J connectivity index is 1.31. The van der Waals surface area contributed by atoms with Crippen LogP contribution in [-0.2, 0) is 0 Å². The minimum atomic E-state index is -0.425. The number of rotatable bonds is 3. The van der Waals surface area contributed by atoms with Gasteiger partial charge in [-0.2, -0.15) is 0 Å². The first kappa shape index (κ1) is 16.6. The van der Waals surface area contributed by atoms with Crippen LogP contribution in [0.4, 0.5) is 0 Å². The van der Waals surface area contributed by atoms with Crippen LogP contribution >= 0.6 is 0 Å². The fourth-order valence-electron chi connectivity index (χ4n) is 6.05. The highest BCUT2D eigenvalue weighted by Gasteiger charge is 2.17. The third kappa shape index (κ3) is 3.45. The van der Waals surface area contributed by atoms with Crippen molar-refractivity contribution in [3.63, 3.8) is 0 Å². The minimum Gasteiger partial charge on any atom is -0.464 e. The van der Waals surface area contributed by atoms with Gasteiger partial charge in [0, 0.05) is 22.2 Å². The van der Waals surface area contributed by atoms with E-state index in [2.05, 4.69) is 6.07 Å². The fraction of sp³-hybridized carbons (Fsp3) is 0. The van der Waals surface area contributed by atoms with Gasteiger partial charge in [0.1, 0.15) is 16.7 Å². The van der Waals surface area contributed by atoms with E-state index in [0.29, 0.717) is 22.3 Å². The highest BCUT2D eigenvalue weighted by Crippen LogP contribution is 2.44. The summed E-state index contributed by atoms with van der Waals surface area (Å²) in [5.41, 5.74) is 5.72. The summed E-state index contributed by atoms with van der Waals surface area (Å²) in [6, 6.07) is 25.4. The molecule has 0 saturated heterocycles. The smallest absolute Gasteiger partial charge is 0.139 e. The van der Waals surface area contributed by atoms with Gasteiger partial charge in [0.15, 0.2) is 0 Å². The van der Waals surface area contributed by atoms with Crippen molar-refractivity contribution in [3.05, 3.63) is 146 Å². The van der Waals surface area contributed by atoms with Gasteiger partial charge >= 0.3 is 0 Å². The van der Waals surface area contributed by atoms with E-state index < -0.39 is 24.2 Å². The summed E-state index contributed by atoms with van der Waals surface area (Å²) in [5, 5.41) is 3.73. The van der Waals surface area contributed by atoms with E-state index in [0.717, 1.165) is 44.0 Å². The Morgan fingerprint density at radius 3 is 1.67 bits per heavy atom. The molecule has 2 heteroatoms. The van der Waals surface area contributed by atoms with Gasteiger partial charge in [0.2, 0.25) is 0 Å². The van der Waals surface area contributed by atoms with Crippen molar-refractivity contribution in [2.75, 3.05) is 0 Å². The summed E-state index contributed by atoms with van der Waals surface area (Å²) in [5.74, 6) is 0. The summed E-state index contributed by atoms with van der Waals surface area (Å²) < 4.78 is 82.5. The molecule has 9 aromatic rings. The Morgan fingerprint density at radius 1 is 0.429 bits per heavy atom. The van der Waals surface area contributed by atoms with Crippen LogP contribution in [0.15, 0.2) is 154 Å². The van der Waals surface area contributed by atoms with Crippen LogP contribution in [0, 0.1) is 0 Å². The molecular formula is C40H24O2. The Bertz CT molecular complexity index is 2810. The largest absolute Gasteiger partial charge is 0.464 e. The van der Waals surface area contributed by atoms with Gasteiger partial charge in [-0.1, -0.05) is 109 Å². The van der Waals surface area contributed by atoms with E-state index in [-0.39, 0.29) is 45.7 Å². The highest BCUT2D eigenvalue weighted by molar-refractivity contribution is 6.21. The third-order valence-corrected chi connectivity index (χ3v) is 7.99. The summed E-state index contributed by atoms with van der Waals surface area (Å²) in [6.45, 7) is 0. The number of hydrogen-bond acceptors (Lipinski definition) is 2. The highest BCUT2D eigenvalue weighted by atomic mass is 16.3. The van der Waals surface area contributed by atoms with Gasteiger partial charge < -0.3 is 8.83 Å². The van der Waals surface area contributed by atoms with Crippen molar-refractivity contribution in [1.29, 1.82) is 0 Å². The molecule has 2 aromatic heterocycles. The minimum absolute atomic E-state index is 0.189. The SMILES string of the molecule is [2H]c1c([2H])c([2H])c2c(-c3ccc(-c4ccc5c(c4)oc4cc6occc6cc45)cc3)c3c([2H])c([2H])c([2H])c([2H])c3c(-c3ccccc3)c2c1[2H]. The van der Waals surface area contributed by atoms with Crippen LogP contribution in [0.2, 0.25) is 0 Å². The lowest BCUT2D eigenvalue weighted by Gasteiger charge is -2.18. The van der Waals surface area contributed by atoms with Crippen LogP contribution in [0.3, 0.4) is 0 Å². The lowest BCUT2D eigenvalue weighted by atomic mass is 9.86. The van der Waals surface area contributed by atoms with Crippen molar-refractivity contribution < 1.29 is 19.8 Å². The quantitative estimate of drug-likeness (QED) is 0.207. The molecule has 0 radical (unpaired) electrons. The molecule has 2 nitrogen and oxygen atoms in total. The van der Waals surface area contributed by atoms with Gasteiger partial charge in [0.05, 0.1) is 17.2 Å². The Hall–Kier alpha value is -5.60. The molecule has 0 aliphatic rings. The first-order valence-electron chi connectivity index (χ1n) is 17.6. The maximum absolute atomic E-state index is 9.11. The molecule has 0 bridgehead atoms. The number of benzene rings is 7. The van der Waals surface area contributed by atoms with Crippen molar-refractivity contribution in [2.24, 2.45) is 0 Å². The van der Waals surface area contributed by atoms with Crippen LogP contribution in [0.5, 0.6) is 0 Å². The maximum Gasteiger partial charge on any atom is 0.139 e. The molecule has 2 heterocycles. The zero-order chi connectivity index (χ0) is 34.6. The molecule has 0 aliphatic carbocycles. The summed E-state index contributed by atoms with van der Waals surface area (Å²) in [6.07, 6.45) is 1.65. The molecule has 0 spiro atoms. The molecule has 0 unspecified atom stereocenters. The number of hydrogen-bond donors (Lipinski definition) is 0. The predicted molar refractivity (Wildman–Crippen MR) is 175 cm³/mol. The van der Waals surface area contributed by atoms with Gasteiger partial charge in [-0.05, 0) is 79.2 Å². The van der Waals surface area contributed by atoms with E-state index in [1.807, 2.05) is 60.7 Å². The van der Waals surface area contributed by atoms with Crippen molar-refractivity contribution >= 4 is 54.5 Å². The van der Waals surface area contributed by atoms with Gasteiger partial charge in [-0.15, -0.1) is 0 Å². The average molecular weight is 545 g/mol. The van der Waals surface area contributed by atoms with Crippen LogP contribution < -0.4 is 0 Å². The number of fused-ring (bicyclic) bond motifs is 6. The molecule has 9 rings (SSSR count). The molecule has 0 amide bonds. The second-order valence-corrected chi connectivity index (χ2v) is 10.3. The van der Waals surface area contributed by atoms with Crippen molar-refractivity contribution in [2.45, 2.75) is 0 Å². The lowest BCUT2D eigenvalue weighted by Crippen LogP contribution is -1.90. The summed E-state index contributed by atoms with van der Waals surface area (Å²) in [7, 11) is 0. The second kappa shape index (κ2) is 8.95. The average Bonchev–Trinajstić information content (AvgIpc) is 3.75. The molecule has 0 atom stereocenters. The standard InChI is InChI=1S/C40H24O2/c1-2-8-26(9-3-1)39-31-10-4-6-12-33(31)40(34-13-7-5-11-32(34)39)27-16-14-25(15-17-27)28-18-19-30-35-22-29-20-21-41-36(29)24-38(35)42-37(30)23-28/h1-24H/i4D,5D,6D,7D,10D,11D,12D,13D. The topological polar surface area (TPSA) is 26.3 Å². The van der Waals surface area contributed by atoms with Gasteiger partial charge in [-0.25, -0.2) is 0 Å². The Morgan fingerprint density at radius 2 is 1.00 bits per heavy atom. The molecule has 0 fully saturated rings. The zero-order valence-electron chi connectivity index (χ0n) is 30.1. The Labute approximate surface area is 253 Å². The zero-order valence-corrected chi connectivity index (χ0v) is 22.1. The van der Waals surface area contributed by atoms with E-state index in [1.165, 1.54) is 0 Å². The van der Waals surface area contributed by atoms with E-state index in [9.17, 15) is 0 Å². The number of furan rings is 2. The summed E-state index contributed by atoms with van der Waals surface area (Å²) >= 11 is 0. The van der Waals surface area contributed by atoms with E-state index in [4.69, 9.17) is 19.8 Å². The maximum atomic E-state index is 9.11. The molecule has 0 aliphatic heterocycles. The lowest BCUT2D eigenvalue weighted by molar-refractivity contribution is 0.613. The molecule has 0 saturated carbocycles. The first-order chi connectivity index (χ1) is 24.1. The molecular weight excluding hydrogens is 512 g/mol. The van der Waals surface area contributed by atoms with Crippen molar-refractivity contribution in [3.8, 4) is 33.4 Å². The Kier molecular flexibility index (Phi) is 3.54.